The molecule has 1 unspecified atom stereocenters. The molecule has 0 amide bonds. The Morgan fingerprint density at radius 3 is 2.11 bits per heavy atom. The first-order valence-electron chi connectivity index (χ1n) is 11.4. The van der Waals surface area contributed by atoms with E-state index in [4.69, 9.17) is 14.2 Å². The zero-order valence-corrected chi connectivity index (χ0v) is 20.4. The minimum atomic E-state index is -0.896. The topological polar surface area (TPSA) is 73.7 Å². The SMILES string of the molecule is COc1ccc(C(Cc2ccncc2)c2ccc(Oc3ccc(C(C)(C)O)cc3)nc2)cc1OC. The zero-order chi connectivity index (χ0) is 24.8. The van der Waals surface area contributed by atoms with E-state index >= 15 is 0 Å². The molecule has 2 aromatic carbocycles. The standard InChI is InChI=1S/C29H30N2O4/c1-29(2,32)23-7-9-24(10-8-23)35-28-12-6-22(19-31-28)25(17-20-13-15-30-16-14-20)21-5-11-26(33-3)27(18-21)34-4/h5-16,18-19,25,32H,17H2,1-4H3. The van der Waals surface area contributed by atoms with Gasteiger partial charge in [0.1, 0.15) is 5.75 Å². The number of methoxy groups -OCH3 is 2. The molecular weight excluding hydrogens is 440 g/mol. The Kier molecular flexibility index (Phi) is 7.32. The van der Waals surface area contributed by atoms with Gasteiger partial charge in [0.25, 0.3) is 0 Å². The monoisotopic (exact) mass is 470 g/mol. The second-order valence-corrected chi connectivity index (χ2v) is 8.84. The lowest BCUT2D eigenvalue weighted by Crippen LogP contribution is -2.14. The molecule has 0 saturated heterocycles. The van der Waals surface area contributed by atoms with E-state index in [1.807, 2.05) is 66.9 Å². The summed E-state index contributed by atoms with van der Waals surface area (Å²) in [6, 6.07) is 21.3. The second kappa shape index (κ2) is 10.6. The van der Waals surface area contributed by atoms with Crippen LogP contribution in [0.25, 0.3) is 0 Å². The Morgan fingerprint density at radius 1 is 0.829 bits per heavy atom. The van der Waals surface area contributed by atoms with Crippen LogP contribution in [0.4, 0.5) is 0 Å². The highest BCUT2D eigenvalue weighted by atomic mass is 16.5. The van der Waals surface area contributed by atoms with Crippen LogP contribution >= 0.6 is 0 Å². The van der Waals surface area contributed by atoms with Crippen molar-refractivity contribution in [1.29, 1.82) is 0 Å². The van der Waals surface area contributed by atoms with Crippen molar-refractivity contribution in [3.63, 3.8) is 0 Å². The van der Waals surface area contributed by atoms with E-state index in [1.54, 1.807) is 40.5 Å². The number of aliphatic hydroxyl groups is 1. The Bertz CT molecular complexity index is 1230. The van der Waals surface area contributed by atoms with E-state index < -0.39 is 5.60 Å². The molecule has 0 aliphatic carbocycles. The van der Waals surface area contributed by atoms with Crippen molar-refractivity contribution in [2.45, 2.75) is 31.8 Å². The molecule has 180 valence electrons. The summed E-state index contributed by atoms with van der Waals surface area (Å²) in [6.07, 6.45) is 6.24. The first-order chi connectivity index (χ1) is 16.9. The van der Waals surface area contributed by atoms with Crippen LogP contribution in [0.3, 0.4) is 0 Å². The Morgan fingerprint density at radius 2 is 1.51 bits per heavy atom. The fourth-order valence-corrected chi connectivity index (χ4v) is 3.96. The molecule has 0 radical (unpaired) electrons. The smallest absolute Gasteiger partial charge is 0.219 e. The summed E-state index contributed by atoms with van der Waals surface area (Å²) in [5, 5.41) is 10.1. The lowest BCUT2D eigenvalue weighted by atomic mass is 9.87. The van der Waals surface area contributed by atoms with Crippen molar-refractivity contribution in [2.75, 3.05) is 14.2 Å². The molecule has 4 aromatic rings. The molecule has 0 aliphatic rings. The summed E-state index contributed by atoms with van der Waals surface area (Å²) in [7, 11) is 3.27. The summed E-state index contributed by atoms with van der Waals surface area (Å²) in [6.45, 7) is 3.51. The molecule has 0 bridgehead atoms. The summed E-state index contributed by atoms with van der Waals surface area (Å²) >= 11 is 0. The van der Waals surface area contributed by atoms with Crippen LogP contribution in [0.1, 0.15) is 42.0 Å². The van der Waals surface area contributed by atoms with Gasteiger partial charge in [0.2, 0.25) is 5.88 Å². The van der Waals surface area contributed by atoms with Gasteiger partial charge in [-0.05, 0) is 78.9 Å². The van der Waals surface area contributed by atoms with E-state index in [2.05, 4.69) is 16.0 Å². The second-order valence-electron chi connectivity index (χ2n) is 8.84. The molecule has 1 N–H and O–H groups in total. The van der Waals surface area contributed by atoms with E-state index in [0.29, 0.717) is 23.1 Å². The van der Waals surface area contributed by atoms with Gasteiger partial charge in [-0.25, -0.2) is 4.98 Å². The molecule has 6 heteroatoms. The third-order valence-electron chi connectivity index (χ3n) is 5.94. The number of hydrogen-bond acceptors (Lipinski definition) is 6. The molecule has 0 spiro atoms. The maximum atomic E-state index is 10.1. The minimum absolute atomic E-state index is 0.0461. The molecule has 0 saturated carbocycles. The fraction of sp³-hybridized carbons (Fsp3) is 0.241. The van der Waals surface area contributed by atoms with Crippen molar-refractivity contribution in [2.24, 2.45) is 0 Å². The predicted octanol–water partition coefficient (Wildman–Crippen LogP) is 5.89. The highest BCUT2D eigenvalue weighted by Gasteiger charge is 2.19. The Balaban J connectivity index is 1.60. The first-order valence-corrected chi connectivity index (χ1v) is 11.4. The highest BCUT2D eigenvalue weighted by Crippen LogP contribution is 2.35. The highest BCUT2D eigenvalue weighted by molar-refractivity contribution is 5.46. The number of aromatic nitrogens is 2. The van der Waals surface area contributed by atoms with Crippen molar-refractivity contribution >= 4 is 0 Å². The lowest BCUT2D eigenvalue weighted by molar-refractivity contribution is 0.0785. The van der Waals surface area contributed by atoms with Gasteiger partial charge in [-0.3, -0.25) is 4.98 Å². The summed E-state index contributed by atoms with van der Waals surface area (Å²) in [5.41, 5.74) is 3.25. The Hall–Kier alpha value is -3.90. The van der Waals surface area contributed by atoms with E-state index in [9.17, 15) is 5.11 Å². The van der Waals surface area contributed by atoms with Crippen LogP contribution in [-0.4, -0.2) is 29.3 Å². The molecule has 2 aromatic heterocycles. The van der Waals surface area contributed by atoms with E-state index in [1.165, 1.54) is 5.56 Å². The number of rotatable bonds is 9. The van der Waals surface area contributed by atoms with Crippen LogP contribution in [0.2, 0.25) is 0 Å². The maximum Gasteiger partial charge on any atom is 0.219 e. The molecule has 1 atom stereocenters. The summed E-state index contributed by atoms with van der Waals surface area (Å²) < 4.78 is 16.9. The van der Waals surface area contributed by atoms with Crippen LogP contribution < -0.4 is 14.2 Å². The van der Waals surface area contributed by atoms with E-state index in [0.717, 1.165) is 23.1 Å². The van der Waals surface area contributed by atoms with Gasteiger partial charge in [-0.2, -0.15) is 0 Å². The van der Waals surface area contributed by atoms with Gasteiger partial charge < -0.3 is 19.3 Å². The third kappa shape index (κ3) is 5.97. The van der Waals surface area contributed by atoms with Crippen LogP contribution in [0.5, 0.6) is 23.1 Å². The predicted molar refractivity (Wildman–Crippen MR) is 135 cm³/mol. The number of hydrogen-bond donors (Lipinski definition) is 1. The quantitative estimate of drug-likeness (QED) is 0.329. The number of pyridine rings is 2. The van der Waals surface area contributed by atoms with E-state index in [-0.39, 0.29) is 5.92 Å². The largest absolute Gasteiger partial charge is 0.493 e. The molecule has 35 heavy (non-hydrogen) atoms. The minimum Gasteiger partial charge on any atom is -0.493 e. The molecule has 0 aliphatic heterocycles. The third-order valence-corrected chi connectivity index (χ3v) is 5.94. The van der Waals surface area contributed by atoms with Gasteiger partial charge in [-0.15, -0.1) is 0 Å². The van der Waals surface area contributed by atoms with Crippen molar-refractivity contribution < 1.29 is 19.3 Å². The normalized spacial score (nSPS) is 12.1. The molecule has 2 heterocycles. The van der Waals surface area contributed by atoms with Crippen LogP contribution in [0, 0.1) is 0 Å². The molecular formula is C29H30N2O4. The molecule has 4 rings (SSSR count). The van der Waals surface area contributed by atoms with Crippen molar-refractivity contribution in [3.8, 4) is 23.1 Å². The number of ether oxygens (including phenoxy) is 3. The van der Waals surface area contributed by atoms with Gasteiger partial charge in [0.15, 0.2) is 11.5 Å². The average molecular weight is 471 g/mol. The number of nitrogens with zero attached hydrogens (tertiary/aromatic N) is 2. The van der Waals surface area contributed by atoms with Gasteiger partial charge in [0, 0.05) is 30.6 Å². The van der Waals surface area contributed by atoms with Crippen LogP contribution in [0.15, 0.2) is 85.3 Å². The number of benzene rings is 2. The zero-order valence-electron chi connectivity index (χ0n) is 20.4. The Labute approximate surface area is 206 Å². The van der Waals surface area contributed by atoms with Gasteiger partial charge in [-0.1, -0.05) is 24.3 Å². The summed E-state index contributed by atoms with van der Waals surface area (Å²) in [5.74, 6) is 2.58. The lowest BCUT2D eigenvalue weighted by Gasteiger charge is -2.20. The molecule has 0 fully saturated rings. The molecule has 6 nitrogen and oxygen atoms in total. The van der Waals surface area contributed by atoms with Gasteiger partial charge >= 0.3 is 0 Å². The average Bonchev–Trinajstić information content (AvgIpc) is 2.88. The first kappa shape index (κ1) is 24.2. The maximum absolute atomic E-state index is 10.1. The fourth-order valence-electron chi connectivity index (χ4n) is 3.96. The summed E-state index contributed by atoms with van der Waals surface area (Å²) in [4.78, 5) is 8.71. The van der Waals surface area contributed by atoms with Gasteiger partial charge in [0.05, 0.1) is 19.8 Å². The van der Waals surface area contributed by atoms with Crippen LogP contribution in [-0.2, 0) is 12.0 Å². The van der Waals surface area contributed by atoms with Crippen molar-refractivity contribution in [3.05, 3.63) is 108 Å². The van der Waals surface area contributed by atoms with Crippen molar-refractivity contribution in [1.82, 2.24) is 9.97 Å².